The van der Waals surface area contributed by atoms with Crippen molar-refractivity contribution in [2.45, 2.75) is 17.9 Å². The number of aryl methyl sites for hydroxylation is 1. The molecule has 4 N–H and O–H groups in total. The molecule has 0 fully saturated rings. The Kier molecular flexibility index (Phi) is 3.91. The largest absolute Gasteiger partial charge is 0.392 e. The highest BCUT2D eigenvalue weighted by Crippen LogP contribution is 2.12. The molecule has 0 saturated heterocycles. The van der Waals surface area contributed by atoms with Gasteiger partial charge in [-0.25, -0.2) is 13.1 Å². The first-order valence-corrected chi connectivity index (χ1v) is 6.36. The normalized spacial score (nSPS) is 13.6. The highest BCUT2D eigenvalue weighted by molar-refractivity contribution is 7.89. The number of sulfonamides is 1. The van der Waals surface area contributed by atoms with E-state index in [0.717, 1.165) is 0 Å². The number of hydrogen-bond acceptors (Lipinski definition) is 4. The van der Waals surface area contributed by atoms with Gasteiger partial charge in [-0.1, -0.05) is 0 Å². The predicted octanol–water partition coefficient (Wildman–Crippen LogP) is -1.22. The van der Waals surface area contributed by atoms with Crippen molar-refractivity contribution in [1.82, 2.24) is 9.29 Å². The van der Waals surface area contributed by atoms with Gasteiger partial charge in [-0.05, 0) is 13.0 Å². The number of carbonyl (C=O) groups is 1. The van der Waals surface area contributed by atoms with Gasteiger partial charge in [0, 0.05) is 19.8 Å². The van der Waals surface area contributed by atoms with E-state index in [2.05, 4.69) is 4.72 Å². The molecule has 1 amide bonds. The second-order valence-electron chi connectivity index (χ2n) is 3.74. The zero-order valence-corrected chi connectivity index (χ0v) is 10.4. The van der Waals surface area contributed by atoms with Crippen molar-refractivity contribution in [2.75, 3.05) is 6.54 Å². The van der Waals surface area contributed by atoms with Crippen molar-refractivity contribution >= 4 is 15.9 Å². The molecule has 17 heavy (non-hydrogen) atoms. The monoisotopic (exact) mass is 261 g/mol. The van der Waals surface area contributed by atoms with Crippen LogP contribution in [-0.2, 0) is 17.1 Å². The Morgan fingerprint density at radius 1 is 1.65 bits per heavy atom. The zero-order valence-electron chi connectivity index (χ0n) is 9.54. The third kappa shape index (κ3) is 3.29. The molecule has 1 rings (SSSR count). The minimum Gasteiger partial charge on any atom is -0.392 e. The Balaban J connectivity index is 3.00. The smallest absolute Gasteiger partial charge is 0.265 e. The van der Waals surface area contributed by atoms with Gasteiger partial charge in [-0.15, -0.1) is 0 Å². The predicted molar refractivity (Wildman–Crippen MR) is 60.8 cm³/mol. The standard InChI is InChI=1S/C9H15N3O4S/c1-6(13)4-11-17(15,16)7-3-8(9(10)14)12(2)5-7/h3,5-6,11,13H,4H2,1-2H3,(H2,10,14)/t6-/m0/s1. The van der Waals surface area contributed by atoms with E-state index in [-0.39, 0.29) is 17.1 Å². The molecule has 0 bridgehead atoms. The van der Waals surface area contributed by atoms with Crippen molar-refractivity contribution < 1.29 is 18.3 Å². The zero-order chi connectivity index (χ0) is 13.2. The van der Waals surface area contributed by atoms with E-state index in [9.17, 15) is 13.2 Å². The molecule has 1 aromatic rings. The number of primary amides is 1. The second-order valence-corrected chi connectivity index (χ2v) is 5.50. The lowest BCUT2D eigenvalue weighted by atomic mass is 10.4. The minimum atomic E-state index is -3.73. The SMILES string of the molecule is C[C@H](O)CNS(=O)(=O)c1cc(C(N)=O)n(C)c1. The molecule has 0 saturated carbocycles. The number of nitrogens with two attached hydrogens (primary N) is 1. The van der Waals surface area contributed by atoms with Gasteiger partial charge >= 0.3 is 0 Å². The van der Waals surface area contributed by atoms with Crippen LogP contribution in [0.5, 0.6) is 0 Å². The second kappa shape index (κ2) is 4.86. The summed E-state index contributed by atoms with van der Waals surface area (Å²) < 4.78 is 27.0. The van der Waals surface area contributed by atoms with E-state index in [1.165, 1.54) is 30.8 Å². The fourth-order valence-corrected chi connectivity index (χ4v) is 2.43. The van der Waals surface area contributed by atoms with Crippen molar-refractivity contribution in [2.24, 2.45) is 12.8 Å². The highest BCUT2D eigenvalue weighted by atomic mass is 32.2. The number of nitrogens with one attached hydrogen (secondary N) is 1. The van der Waals surface area contributed by atoms with Crippen molar-refractivity contribution in [3.8, 4) is 0 Å². The van der Waals surface area contributed by atoms with Gasteiger partial charge in [-0.3, -0.25) is 4.79 Å². The van der Waals surface area contributed by atoms with Gasteiger partial charge in [0.2, 0.25) is 10.0 Å². The molecule has 0 aromatic carbocycles. The molecule has 0 spiro atoms. The number of amides is 1. The maximum absolute atomic E-state index is 11.7. The summed E-state index contributed by atoms with van der Waals surface area (Å²) in [5, 5.41) is 9.00. The number of aliphatic hydroxyl groups is 1. The lowest BCUT2D eigenvalue weighted by molar-refractivity contribution is 0.0992. The average molecular weight is 261 g/mol. The number of aliphatic hydroxyl groups excluding tert-OH is 1. The third-order valence-electron chi connectivity index (χ3n) is 2.11. The maximum atomic E-state index is 11.7. The summed E-state index contributed by atoms with van der Waals surface area (Å²) in [4.78, 5) is 10.9. The Morgan fingerprint density at radius 2 is 2.24 bits per heavy atom. The average Bonchev–Trinajstić information content (AvgIpc) is 2.58. The van der Waals surface area contributed by atoms with Crippen molar-refractivity contribution in [3.05, 3.63) is 18.0 Å². The van der Waals surface area contributed by atoms with Crippen LogP contribution in [0.2, 0.25) is 0 Å². The molecule has 1 heterocycles. The number of rotatable bonds is 5. The first kappa shape index (κ1) is 13.7. The summed E-state index contributed by atoms with van der Waals surface area (Å²) in [6.07, 6.45) is 0.494. The first-order valence-electron chi connectivity index (χ1n) is 4.88. The summed E-state index contributed by atoms with van der Waals surface area (Å²) in [6.45, 7) is 1.37. The minimum absolute atomic E-state index is 0.0607. The van der Waals surface area contributed by atoms with Crippen LogP contribution < -0.4 is 10.5 Å². The van der Waals surface area contributed by atoms with Gasteiger partial charge < -0.3 is 15.4 Å². The highest BCUT2D eigenvalue weighted by Gasteiger charge is 2.19. The van der Waals surface area contributed by atoms with E-state index < -0.39 is 22.0 Å². The number of aromatic nitrogens is 1. The summed E-state index contributed by atoms with van der Waals surface area (Å²) in [7, 11) is -2.21. The molecule has 0 radical (unpaired) electrons. The van der Waals surface area contributed by atoms with E-state index in [0.29, 0.717) is 0 Å². The lowest BCUT2D eigenvalue weighted by Crippen LogP contribution is -2.30. The first-order chi connectivity index (χ1) is 7.74. The van der Waals surface area contributed by atoms with Crippen LogP contribution in [0.25, 0.3) is 0 Å². The molecule has 0 unspecified atom stereocenters. The summed E-state index contributed by atoms with van der Waals surface area (Å²) >= 11 is 0. The van der Waals surface area contributed by atoms with Crippen LogP contribution in [0.3, 0.4) is 0 Å². The molecule has 0 aliphatic heterocycles. The molecule has 0 aliphatic carbocycles. The van der Waals surface area contributed by atoms with Crippen molar-refractivity contribution in [3.63, 3.8) is 0 Å². The fourth-order valence-electron chi connectivity index (χ4n) is 1.24. The van der Waals surface area contributed by atoms with Gasteiger partial charge in [0.1, 0.15) is 10.6 Å². The Hall–Kier alpha value is -1.38. The van der Waals surface area contributed by atoms with Crippen LogP contribution >= 0.6 is 0 Å². The van der Waals surface area contributed by atoms with Gasteiger partial charge in [-0.2, -0.15) is 0 Å². The van der Waals surface area contributed by atoms with E-state index in [1.807, 2.05) is 0 Å². The number of carbonyl (C=O) groups excluding carboxylic acids is 1. The van der Waals surface area contributed by atoms with E-state index in [1.54, 1.807) is 0 Å². The quantitative estimate of drug-likeness (QED) is 0.616. The summed E-state index contributed by atoms with van der Waals surface area (Å²) in [5.41, 5.74) is 5.18. The van der Waals surface area contributed by atoms with E-state index in [4.69, 9.17) is 10.8 Å². The number of hydrogen-bond donors (Lipinski definition) is 3. The van der Waals surface area contributed by atoms with Gasteiger partial charge in [0.05, 0.1) is 6.10 Å². The lowest BCUT2D eigenvalue weighted by Gasteiger charge is -2.06. The Morgan fingerprint density at radius 3 is 2.65 bits per heavy atom. The van der Waals surface area contributed by atoms with Crippen molar-refractivity contribution in [1.29, 1.82) is 0 Å². The number of nitrogens with zero attached hydrogens (tertiary/aromatic N) is 1. The maximum Gasteiger partial charge on any atom is 0.265 e. The topological polar surface area (TPSA) is 114 Å². The molecule has 1 atom stereocenters. The van der Waals surface area contributed by atoms with Crippen LogP contribution in [0.15, 0.2) is 17.2 Å². The fraction of sp³-hybridized carbons (Fsp3) is 0.444. The summed E-state index contributed by atoms with van der Waals surface area (Å²) in [5.74, 6) is -0.704. The molecule has 1 aromatic heterocycles. The molecule has 7 nitrogen and oxygen atoms in total. The van der Waals surface area contributed by atoms with Crippen LogP contribution in [0.1, 0.15) is 17.4 Å². The summed E-state index contributed by atoms with van der Waals surface area (Å²) in [6, 6.07) is 1.19. The molecule has 96 valence electrons. The third-order valence-corrected chi connectivity index (χ3v) is 3.50. The van der Waals surface area contributed by atoms with Crippen LogP contribution in [0.4, 0.5) is 0 Å². The Labute approximate surface area is 99.3 Å². The Bertz CT molecular complexity index is 518. The van der Waals surface area contributed by atoms with Gasteiger partial charge in [0.15, 0.2) is 0 Å². The van der Waals surface area contributed by atoms with Crippen LogP contribution in [0, 0.1) is 0 Å². The molecule has 8 heteroatoms. The van der Waals surface area contributed by atoms with Gasteiger partial charge in [0.25, 0.3) is 5.91 Å². The van der Waals surface area contributed by atoms with E-state index >= 15 is 0 Å². The molecular weight excluding hydrogens is 246 g/mol. The van der Waals surface area contributed by atoms with Crippen LogP contribution in [-0.4, -0.2) is 36.6 Å². The molecule has 0 aliphatic rings. The molecular formula is C9H15N3O4S.